The summed E-state index contributed by atoms with van der Waals surface area (Å²) in [5, 5.41) is 12.0. The summed E-state index contributed by atoms with van der Waals surface area (Å²) in [7, 11) is 0. The van der Waals surface area contributed by atoms with Gasteiger partial charge in [0.25, 0.3) is 23.4 Å². The predicted octanol–water partition coefficient (Wildman–Crippen LogP) is 4.04. The number of nitro benzene ring substituents is 1. The minimum absolute atomic E-state index is 0.0466. The van der Waals surface area contributed by atoms with Gasteiger partial charge in [-0.3, -0.25) is 29.4 Å². The van der Waals surface area contributed by atoms with Crippen LogP contribution in [0.25, 0.3) is 0 Å². The van der Waals surface area contributed by atoms with Crippen molar-refractivity contribution in [1.82, 2.24) is 4.90 Å². The predicted molar refractivity (Wildman–Crippen MR) is 126 cm³/mol. The molecule has 0 bridgehead atoms. The van der Waals surface area contributed by atoms with Gasteiger partial charge >= 0.3 is 0 Å². The summed E-state index contributed by atoms with van der Waals surface area (Å²) in [6, 6.07) is 12.1. The summed E-state index contributed by atoms with van der Waals surface area (Å²) in [5.74, 6) is -1.16. The summed E-state index contributed by atoms with van der Waals surface area (Å²) in [6.07, 6.45) is 0. The van der Waals surface area contributed by atoms with Crippen molar-refractivity contribution >= 4 is 40.7 Å². The fraction of sp³-hybridized carbons (Fsp3) is 0.160. The smallest absolute Gasteiger partial charge is 0.282 e. The van der Waals surface area contributed by atoms with Crippen LogP contribution in [0.4, 0.5) is 11.4 Å². The van der Waals surface area contributed by atoms with Crippen LogP contribution >= 0.6 is 11.6 Å². The number of fused-ring (bicyclic) bond motifs is 2. The normalized spacial score (nSPS) is 20.0. The number of rotatable bonds is 4. The molecule has 0 radical (unpaired) electrons. The summed E-state index contributed by atoms with van der Waals surface area (Å²) in [5.41, 5.74) is 0.853. The highest BCUT2D eigenvalue weighted by Gasteiger charge is 2.58. The highest BCUT2D eigenvalue weighted by molar-refractivity contribution is 6.32. The van der Waals surface area contributed by atoms with Gasteiger partial charge in [0.2, 0.25) is 6.79 Å². The van der Waals surface area contributed by atoms with E-state index in [4.69, 9.17) is 21.1 Å². The number of anilines is 1. The lowest BCUT2D eigenvalue weighted by Gasteiger charge is -2.50. The number of carbonyl (C=O) groups excluding carboxylic acids is 3. The fourth-order valence-corrected chi connectivity index (χ4v) is 5.14. The number of ether oxygens (including phenoxy) is 2. The van der Waals surface area contributed by atoms with Crippen molar-refractivity contribution in [2.45, 2.75) is 19.0 Å². The van der Waals surface area contributed by atoms with E-state index in [1.54, 1.807) is 43.3 Å². The Labute approximate surface area is 208 Å². The number of hydrogen-bond donors (Lipinski definition) is 0. The number of nitro groups is 1. The van der Waals surface area contributed by atoms with Crippen LogP contribution in [-0.2, 0) is 4.79 Å². The Hall–Kier alpha value is -4.44. The van der Waals surface area contributed by atoms with Crippen LogP contribution in [-0.4, -0.2) is 40.4 Å². The molecule has 11 heteroatoms. The second-order valence-electron chi connectivity index (χ2n) is 8.53. The molecule has 0 aliphatic carbocycles. The van der Waals surface area contributed by atoms with E-state index in [0.29, 0.717) is 33.3 Å². The molecular formula is C25H16ClN3O7. The largest absolute Gasteiger partial charge is 0.454 e. The van der Waals surface area contributed by atoms with Crippen LogP contribution in [0.1, 0.15) is 37.9 Å². The molecule has 0 saturated carbocycles. The molecule has 180 valence electrons. The first-order chi connectivity index (χ1) is 17.3. The number of carbonyl (C=O) groups is 3. The Morgan fingerprint density at radius 3 is 2.47 bits per heavy atom. The minimum atomic E-state index is -1.23. The van der Waals surface area contributed by atoms with Crippen molar-refractivity contribution in [1.29, 1.82) is 0 Å². The summed E-state index contributed by atoms with van der Waals surface area (Å²) in [6.45, 7) is 1.81. The van der Waals surface area contributed by atoms with Gasteiger partial charge in [-0.25, -0.2) is 0 Å². The quantitative estimate of drug-likeness (QED) is 0.227. The molecule has 0 spiro atoms. The lowest BCUT2D eigenvalue weighted by atomic mass is 9.85. The van der Waals surface area contributed by atoms with Gasteiger partial charge in [-0.15, -0.1) is 0 Å². The van der Waals surface area contributed by atoms with Crippen LogP contribution in [0, 0.1) is 17.0 Å². The van der Waals surface area contributed by atoms with Gasteiger partial charge in [-0.2, -0.15) is 0 Å². The second kappa shape index (κ2) is 7.79. The Balaban J connectivity index is 1.48. The molecule has 3 aliphatic rings. The lowest BCUT2D eigenvalue weighted by molar-refractivity contribution is -0.385. The van der Waals surface area contributed by atoms with Crippen molar-refractivity contribution in [3.8, 4) is 11.5 Å². The number of imide groups is 1. The molecule has 2 atom stereocenters. The van der Waals surface area contributed by atoms with Gasteiger partial charge in [0.1, 0.15) is 11.6 Å². The van der Waals surface area contributed by atoms with Crippen LogP contribution in [0.5, 0.6) is 11.5 Å². The first-order valence-corrected chi connectivity index (χ1v) is 11.3. The zero-order chi connectivity index (χ0) is 25.3. The molecule has 1 fully saturated rings. The highest BCUT2D eigenvalue weighted by Crippen LogP contribution is 2.48. The summed E-state index contributed by atoms with van der Waals surface area (Å²) >= 11 is 6.32. The maximum Gasteiger partial charge on any atom is 0.282 e. The molecule has 3 aliphatic heterocycles. The molecule has 36 heavy (non-hydrogen) atoms. The molecule has 6 rings (SSSR count). The number of amides is 3. The molecule has 3 heterocycles. The van der Waals surface area contributed by atoms with E-state index in [2.05, 4.69) is 0 Å². The molecule has 0 unspecified atom stereocenters. The topological polar surface area (TPSA) is 119 Å². The van der Waals surface area contributed by atoms with E-state index in [-0.39, 0.29) is 17.9 Å². The van der Waals surface area contributed by atoms with E-state index in [1.165, 1.54) is 17.0 Å². The molecule has 10 nitrogen and oxygen atoms in total. The van der Waals surface area contributed by atoms with E-state index in [0.717, 1.165) is 11.0 Å². The van der Waals surface area contributed by atoms with Gasteiger partial charge in [0, 0.05) is 16.8 Å². The molecule has 3 aromatic rings. The first kappa shape index (κ1) is 22.1. The number of hydrogen-bond acceptors (Lipinski definition) is 7. The number of halogens is 1. The van der Waals surface area contributed by atoms with Crippen LogP contribution < -0.4 is 14.4 Å². The van der Waals surface area contributed by atoms with E-state index >= 15 is 0 Å². The van der Waals surface area contributed by atoms with Crippen molar-refractivity contribution in [3.05, 3.63) is 92.0 Å². The van der Waals surface area contributed by atoms with Gasteiger partial charge in [-0.1, -0.05) is 29.8 Å². The Morgan fingerprint density at radius 1 is 0.944 bits per heavy atom. The Morgan fingerprint density at radius 2 is 1.69 bits per heavy atom. The average molecular weight is 506 g/mol. The maximum absolute atomic E-state index is 13.6. The lowest BCUT2D eigenvalue weighted by Crippen LogP contribution is -2.67. The van der Waals surface area contributed by atoms with Crippen molar-refractivity contribution in [2.24, 2.45) is 0 Å². The van der Waals surface area contributed by atoms with Crippen molar-refractivity contribution in [2.75, 3.05) is 11.7 Å². The highest BCUT2D eigenvalue weighted by atomic mass is 35.5. The monoisotopic (exact) mass is 505 g/mol. The van der Waals surface area contributed by atoms with Gasteiger partial charge in [0.15, 0.2) is 11.5 Å². The van der Waals surface area contributed by atoms with Crippen LogP contribution in [0.2, 0.25) is 5.02 Å². The molecule has 0 aromatic heterocycles. The first-order valence-electron chi connectivity index (χ1n) is 10.9. The maximum atomic E-state index is 13.6. The second-order valence-corrected chi connectivity index (χ2v) is 8.94. The molecule has 0 N–H and O–H groups in total. The molecular weight excluding hydrogens is 490 g/mol. The number of benzene rings is 3. The molecule has 3 aromatic carbocycles. The fourth-order valence-electron chi connectivity index (χ4n) is 4.97. The van der Waals surface area contributed by atoms with Crippen LogP contribution in [0.15, 0.2) is 54.6 Å². The van der Waals surface area contributed by atoms with E-state index in [9.17, 15) is 24.5 Å². The summed E-state index contributed by atoms with van der Waals surface area (Å²) < 4.78 is 10.9. The SMILES string of the molecule is Cc1c(Cl)cccc1N1C(=O)[C@H](N2C(=O)c3cccc([N+](=O)[O-])c3C2=O)[C@@H]1c1ccc2c(c1)OCO2. The summed E-state index contributed by atoms with van der Waals surface area (Å²) in [4.78, 5) is 53.5. The standard InChI is InChI=1S/C25H16ClN3O7/c1-12-15(26)5-3-6-16(12)27-21(13-8-9-18-19(10-13)36-11-35-18)22(25(27)32)28-23(30)14-4-2-7-17(29(33)34)20(14)24(28)31/h2-10,21-22H,11H2,1H3/t21-,22+/m0/s1. The Kier molecular flexibility index (Phi) is 4.77. The molecule has 3 amide bonds. The average Bonchev–Trinajstić information content (AvgIpc) is 3.43. The zero-order valence-corrected chi connectivity index (χ0v) is 19.4. The van der Waals surface area contributed by atoms with Gasteiger partial charge < -0.3 is 14.4 Å². The van der Waals surface area contributed by atoms with Gasteiger partial charge in [-0.05, 0) is 48.4 Å². The Bertz CT molecular complexity index is 1520. The third-order valence-electron chi connectivity index (χ3n) is 6.70. The number of β-lactam (4-membered cyclic amide) rings is 1. The molecule has 1 saturated heterocycles. The van der Waals surface area contributed by atoms with Crippen molar-refractivity contribution < 1.29 is 28.8 Å². The minimum Gasteiger partial charge on any atom is -0.454 e. The third kappa shape index (κ3) is 2.94. The van der Waals surface area contributed by atoms with E-state index in [1.807, 2.05) is 0 Å². The van der Waals surface area contributed by atoms with Crippen molar-refractivity contribution in [3.63, 3.8) is 0 Å². The zero-order valence-electron chi connectivity index (χ0n) is 18.6. The third-order valence-corrected chi connectivity index (χ3v) is 7.11. The van der Waals surface area contributed by atoms with E-state index < -0.39 is 40.4 Å². The number of nitrogens with zero attached hydrogens (tertiary/aromatic N) is 3. The van der Waals surface area contributed by atoms with Crippen LogP contribution in [0.3, 0.4) is 0 Å². The van der Waals surface area contributed by atoms with Gasteiger partial charge in [0.05, 0.1) is 16.5 Å².